The Balaban J connectivity index is 1.64. The van der Waals surface area contributed by atoms with Crippen molar-refractivity contribution in [3.63, 3.8) is 0 Å². The molecular weight excluding hydrogens is 449 g/mol. The van der Waals surface area contributed by atoms with Crippen molar-refractivity contribution in [3.8, 4) is 6.07 Å². The highest BCUT2D eigenvalue weighted by Gasteiger charge is 2.34. The molecule has 1 aromatic carbocycles. The summed E-state index contributed by atoms with van der Waals surface area (Å²) in [6, 6.07) is 11.5. The minimum absolute atomic E-state index is 0.0640. The van der Waals surface area contributed by atoms with Crippen LogP contribution in [0, 0.1) is 29.0 Å². The molecule has 170 valence electrons. The third kappa shape index (κ3) is 6.53. The van der Waals surface area contributed by atoms with Crippen molar-refractivity contribution < 1.29 is 17.6 Å². The molecule has 0 radical (unpaired) electrons. The lowest BCUT2D eigenvalue weighted by Crippen LogP contribution is -2.39. The van der Waals surface area contributed by atoms with Crippen molar-refractivity contribution in [2.24, 2.45) is 11.8 Å². The predicted octanol–water partition coefficient (Wildman–Crippen LogP) is 3.78. The van der Waals surface area contributed by atoms with Gasteiger partial charge in [0.1, 0.15) is 12.4 Å². The summed E-state index contributed by atoms with van der Waals surface area (Å²) in [7, 11) is -3.75. The number of aryl methyl sites for hydroxylation is 1. The molecule has 9 heteroatoms. The number of pyridine rings is 1. The average molecular weight is 476 g/mol. The SMILES string of the molecule is N#CCNC(=O)[C@H]1CCCC[C@@H]1CS(=O)(=O)c1ccc(SCCc2ccccn2)c(F)c1. The topological polar surface area (TPSA) is 99.9 Å². The summed E-state index contributed by atoms with van der Waals surface area (Å²) in [6.45, 7) is -0.0977. The summed E-state index contributed by atoms with van der Waals surface area (Å²) in [6.07, 6.45) is 5.31. The number of aromatic nitrogens is 1. The lowest BCUT2D eigenvalue weighted by atomic mass is 9.80. The van der Waals surface area contributed by atoms with Gasteiger partial charge in [0, 0.05) is 28.5 Å². The molecule has 32 heavy (non-hydrogen) atoms. The summed E-state index contributed by atoms with van der Waals surface area (Å²) in [5, 5.41) is 11.2. The minimum atomic E-state index is -3.75. The first kappa shape index (κ1) is 24.2. The van der Waals surface area contributed by atoms with Crippen LogP contribution in [0.15, 0.2) is 52.4 Å². The molecule has 1 heterocycles. The summed E-state index contributed by atoms with van der Waals surface area (Å²) in [5.41, 5.74) is 0.917. The highest BCUT2D eigenvalue weighted by atomic mass is 32.2. The Morgan fingerprint density at radius 2 is 2.06 bits per heavy atom. The van der Waals surface area contributed by atoms with Gasteiger partial charge >= 0.3 is 0 Å². The van der Waals surface area contributed by atoms with Gasteiger partial charge in [0.25, 0.3) is 0 Å². The number of rotatable bonds is 9. The van der Waals surface area contributed by atoms with Crippen LogP contribution in [-0.2, 0) is 21.1 Å². The molecule has 0 unspecified atom stereocenters. The van der Waals surface area contributed by atoms with Crippen molar-refractivity contribution in [2.75, 3.05) is 18.1 Å². The molecule has 1 N–H and O–H groups in total. The maximum absolute atomic E-state index is 14.6. The molecule has 0 saturated heterocycles. The van der Waals surface area contributed by atoms with Crippen LogP contribution in [0.3, 0.4) is 0 Å². The molecule has 6 nitrogen and oxygen atoms in total. The fourth-order valence-corrected chi connectivity index (χ4v) is 6.60. The van der Waals surface area contributed by atoms with Gasteiger partial charge in [-0.05, 0) is 55.5 Å². The van der Waals surface area contributed by atoms with Gasteiger partial charge in [-0.2, -0.15) is 5.26 Å². The zero-order chi connectivity index (χ0) is 23.0. The maximum Gasteiger partial charge on any atom is 0.224 e. The third-order valence-corrected chi connectivity index (χ3v) is 8.51. The van der Waals surface area contributed by atoms with Crippen LogP contribution in [0.1, 0.15) is 31.4 Å². The van der Waals surface area contributed by atoms with Crippen molar-refractivity contribution in [2.45, 2.75) is 41.9 Å². The Labute approximate surface area is 192 Å². The largest absolute Gasteiger partial charge is 0.343 e. The summed E-state index contributed by atoms with van der Waals surface area (Å²) >= 11 is 1.32. The van der Waals surface area contributed by atoms with E-state index in [4.69, 9.17) is 5.26 Å². The molecule has 0 aliphatic heterocycles. The van der Waals surface area contributed by atoms with Crippen LogP contribution in [0.5, 0.6) is 0 Å². The number of carbonyl (C=O) groups is 1. The normalized spacial score (nSPS) is 18.6. The maximum atomic E-state index is 14.6. The highest BCUT2D eigenvalue weighted by Crippen LogP contribution is 2.33. The van der Waals surface area contributed by atoms with Crippen LogP contribution >= 0.6 is 11.8 Å². The van der Waals surface area contributed by atoms with Gasteiger partial charge in [-0.15, -0.1) is 11.8 Å². The van der Waals surface area contributed by atoms with Gasteiger partial charge in [0.05, 0.1) is 16.7 Å². The third-order valence-electron chi connectivity index (χ3n) is 5.63. The highest BCUT2D eigenvalue weighted by molar-refractivity contribution is 7.99. The summed E-state index contributed by atoms with van der Waals surface area (Å²) in [4.78, 5) is 16.9. The van der Waals surface area contributed by atoms with Crippen LogP contribution < -0.4 is 5.32 Å². The fraction of sp³-hybridized carbons (Fsp3) is 0.435. The molecule has 1 aromatic heterocycles. The van der Waals surface area contributed by atoms with Gasteiger partial charge in [-0.1, -0.05) is 18.9 Å². The second-order valence-corrected chi connectivity index (χ2v) is 11.0. The number of nitrogens with one attached hydrogen (secondary N) is 1. The van der Waals surface area contributed by atoms with Crippen LogP contribution in [0.2, 0.25) is 0 Å². The zero-order valence-electron chi connectivity index (χ0n) is 17.7. The van der Waals surface area contributed by atoms with E-state index in [2.05, 4.69) is 10.3 Å². The van der Waals surface area contributed by atoms with Crippen molar-refractivity contribution in [3.05, 3.63) is 54.1 Å². The Kier molecular flexibility index (Phi) is 8.65. The number of hydrogen-bond acceptors (Lipinski definition) is 6. The van der Waals surface area contributed by atoms with E-state index in [9.17, 15) is 17.6 Å². The number of nitriles is 1. The zero-order valence-corrected chi connectivity index (χ0v) is 19.3. The summed E-state index contributed by atoms with van der Waals surface area (Å²) in [5.74, 6) is -1.22. The van der Waals surface area contributed by atoms with Crippen LogP contribution in [0.25, 0.3) is 0 Å². The van der Waals surface area contributed by atoms with E-state index in [1.54, 1.807) is 6.20 Å². The number of carbonyl (C=O) groups excluding carboxylic acids is 1. The quantitative estimate of drug-likeness (QED) is 0.438. The number of benzene rings is 1. The standard InChI is InChI=1S/C23H26FN3O3S2/c24-21-15-19(8-9-22(21)31-14-10-18-6-3-4-12-26-18)32(29,30)16-17-5-1-2-7-20(17)23(28)27-13-11-25/h3-4,6,8-9,12,15,17,20H,1-2,5,7,10,13-14,16H2,(H,27,28)/t17-,20+/m1/s1. The Morgan fingerprint density at radius 1 is 1.25 bits per heavy atom. The van der Waals surface area contributed by atoms with Gasteiger partial charge in [-0.25, -0.2) is 12.8 Å². The Morgan fingerprint density at radius 3 is 2.78 bits per heavy atom. The molecule has 1 fully saturated rings. The van der Waals surface area contributed by atoms with E-state index in [0.717, 1.165) is 24.6 Å². The Hall–Kier alpha value is -2.44. The Bertz CT molecular complexity index is 1070. The second-order valence-electron chi connectivity index (χ2n) is 7.82. The van der Waals surface area contributed by atoms with Gasteiger partial charge < -0.3 is 5.32 Å². The minimum Gasteiger partial charge on any atom is -0.343 e. The molecule has 2 aromatic rings. The molecule has 0 bridgehead atoms. The second kappa shape index (κ2) is 11.4. The fourth-order valence-electron chi connectivity index (χ4n) is 3.99. The number of sulfone groups is 1. The molecule has 1 aliphatic carbocycles. The van der Waals surface area contributed by atoms with E-state index in [-0.39, 0.29) is 29.0 Å². The molecule has 1 aliphatic rings. The lowest BCUT2D eigenvalue weighted by Gasteiger charge is -2.30. The van der Waals surface area contributed by atoms with Crippen molar-refractivity contribution in [1.29, 1.82) is 5.26 Å². The lowest BCUT2D eigenvalue weighted by molar-refractivity contribution is -0.127. The smallest absolute Gasteiger partial charge is 0.224 e. The van der Waals surface area contributed by atoms with Gasteiger partial charge in [0.15, 0.2) is 9.84 Å². The van der Waals surface area contributed by atoms with Crippen molar-refractivity contribution >= 4 is 27.5 Å². The molecule has 2 atom stereocenters. The monoisotopic (exact) mass is 475 g/mol. The van der Waals surface area contributed by atoms with E-state index >= 15 is 0 Å². The number of halogens is 1. The predicted molar refractivity (Wildman–Crippen MR) is 121 cm³/mol. The number of hydrogen-bond donors (Lipinski definition) is 1. The first-order chi connectivity index (χ1) is 15.4. The molecule has 1 saturated carbocycles. The number of amides is 1. The number of thioether (sulfide) groups is 1. The van der Waals surface area contributed by atoms with E-state index in [1.165, 1.54) is 23.9 Å². The summed E-state index contributed by atoms with van der Waals surface area (Å²) < 4.78 is 40.6. The van der Waals surface area contributed by atoms with E-state index < -0.39 is 21.6 Å². The molecule has 0 spiro atoms. The van der Waals surface area contributed by atoms with Crippen LogP contribution in [0.4, 0.5) is 4.39 Å². The molecule has 1 amide bonds. The van der Waals surface area contributed by atoms with Crippen LogP contribution in [-0.4, -0.2) is 37.4 Å². The first-order valence-electron chi connectivity index (χ1n) is 10.6. The molecular formula is C23H26FN3O3S2. The average Bonchev–Trinajstić information content (AvgIpc) is 2.79. The van der Waals surface area contributed by atoms with Crippen molar-refractivity contribution in [1.82, 2.24) is 10.3 Å². The number of nitrogens with zero attached hydrogens (tertiary/aromatic N) is 2. The first-order valence-corrected chi connectivity index (χ1v) is 13.2. The molecule has 3 rings (SSSR count). The van der Waals surface area contributed by atoms with E-state index in [1.807, 2.05) is 24.3 Å². The van der Waals surface area contributed by atoms with Gasteiger partial charge in [-0.3, -0.25) is 9.78 Å². The van der Waals surface area contributed by atoms with Gasteiger partial charge in [0.2, 0.25) is 5.91 Å². The van der Waals surface area contributed by atoms with E-state index in [0.29, 0.717) is 29.9 Å².